The molecule has 0 spiro atoms. The second-order valence-corrected chi connectivity index (χ2v) is 5.12. The third-order valence-electron chi connectivity index (χ3n) is 3.71. The van der Waals surface area contributed by atoms with E-state index in [4.69, 9.17) is 5.11 Å². The normalized spacial score (nSPS) is 16.0. The van der Waals surface area contributed by atoms with E-state index in [1.54, 1.807) is 0 Å². The number of nitro groups is 1. The number of nitrogens with zero attached hydrogens (tertiary/aromatic N) is 2. The third kappa shape index (κ3) is 3.39. The molecular weight excluding hydrogens is 283 g/mol. The highest BCUT2D eigenvalue weighted by Crippen LogP contribution is 2.32. The number of hydrogen-bond acceptors (Lipinski definition) is 4. The second kappa shape index (κ2) is 5.94. The third-order valence-corrected chi connectivity index (χ3v) is 3.71. The number of nitro benzene ring substituents is 1. The molecule has 8 heteroatoms. The Morgan fingerprint density at radius 1 is 1.43 bits per heavy atom. The molecule has 0 unspecified atom stereocenters. The average molecular weight is 298 g/mol. The number of carbonyl (C=O) groups is 1. The predicted molar refractivity (Wildman–Crippen MR) is 70.7 cm³/mol. The molecule has 1 saturated heterocycles. The molecule has 1 aliphatic heterocycles. The molecule has 0 bridgehead atoms. The summed E-state index contributed by atoms with van der Waals surface area (Å²) in [5.41, 5.74) is -0.209. The number of benzene rings is 1. The highest BCUT2D eigenvalue weighted by molar-refractivity contribution is 5.65. The summed E-state index contributed by atoms with van der Waals surface area (Å²) in [6, 6.07) is 2.26. The monoisotopic (exact) mass is 298 g/mol. The number of carboxylic acid groups (broad SMARTS) is 1. The van der Waals surface area contributed by atoms with E-state index in [1.165, 1.54) is 11.0 Å². The van der Waals surface area contributed by atoms with Gasteiger partial charge < -0.3 is 15.1 Å². The number of halogens is 1. The summed E-state index contributed by atoms with van der Waals surface area (Å²) in [6.07, 6.45) is 0.719. The number of phenols is 1. The van der Waals surface area contributed by atoms with E-state index < -0.39 is 28.3 Å². The standard InChI is InChI=1S/C13H15FN2O5/c14-10-6-9(7-11(12(10)17)16(20)21)5-8-1-3-15(4-2-8)13(18)19/h6-8,17H,1-5H2,(H,18,19). The number of hydrogen-bond donors (Lipinski definition) is 2. The number of piperidine rings is 1. The molecule has 0 atom stereocenters. The van der Waals surface area contributed by atoms with Gasteiger partial charge in [-0.2, -0.15) is 0 Å². The Morgan fingerprint density at radius 3 is 2.57 bits per heavy atom. The lowest BCUT2D eigenvalue weighted by atomic mass is 9.90. The molecule has 0 aliphatic carbocycles. The molecule has 7 nitrogen and oxygen atoms in total. The lowest BCUT2D eigenvalue weighted by Gasteiger charge is -2.29. The van der Waals surface area contributed by atoms with Crippen LogP contribution in [-0.2, 0) is 6.42 Å². The predicted octanol–water partition coefficient (Wildman–Crippen LogP) is 2.37. The molecule has 2 N–H and O–H groups in total. The first kappa shape index (κ1) is 15.0. The Hall–Kier alpha value is -2.38. The van der Waals surface area contributed by atoms with Crippen LogP contribution in [0.25, 0.3) is 0 Å². The fourth-order valence-corrected chi connectivity index (χ4v) is 2.56. The molecule has 114 valence electrons. The number of phenolic OH excluding ortho intramolecular Hbond substituents is 1. The van der Waals surface area contributed by atoms with Crippen molar-refractivity contribution in [3.05, 3.63) is 33.6 Å². The molecular formula is C13H15FN2O5. The van der Waals surface area contributed by atoms with Gasteiger partial charge in [0.25, 0.3) is 0 Å². The van der Waals surface area contributed by atoms with Gasteiger partial charge in [0.15, 0.2) is 5.82 Å². The van der Waals surface area contributed by atoms with E-state index in [0.29, 0.717) is 37.9 Å². The van der Waals surface area contributed by atoms with E-state index in [0.717, 1.165) is 6.07 Å². The lowest BCUT2D eigenvalue weighted by molar-refractivity contribution is -0.386. The average Bonchev–Trinajstić information content (AvgIpc) is 2.43. The van der Waals surface area contributed by atoms with Crippen LogP contribution < -0.4 is 0 Å². The summed E-state index contributed by atoms with van der Waals surface area (Å²) in [4.78, 5) is 22.0. The van der Waals surface area contributed by atoms with Gasteiger partial charge in [-0.25, -0.2) is 9.18 Å². The zero-order chi connectivity index (χ0) is 15.6. The summed E-state index contributed by atoms with van der Waals surface area (Å²) in [5, 5.41) is 28.9. The van der Waals surface area contributed by atoms with E-state index >= 15 is 0 Å². The molecule has 0 aromatic heterocycles. The molecule has 1 heterocycles. The molecule has 21 heavy (non-hydrogen) atoms. The Bertz CT molecular complexity index is 570. The van der Waals surface area contributed by atoms with E-state index in [1.807, 2.05) is 0 Å². The highest BCUT2D eigenvalue weighted by atomic mass is 19.1. The van der Waals surface area contributed by atoms with Crippen LogP contribution in [0.4, 0.5) is 14.9 Å². The van der Waals surface area contributed by atoms with Gasteiger partial charge in [-0.3, -0.25) is 10.1 Å². The minimum Gasteiger partial charge on any atom is -0.500 e. The minimum absolute atomic E-state index is 0.143. The number of likely N-dealkylation sites (tertiary alicyclic amines) is 1. The zero-order valence-electron chi connectivity index (χ0n) is 11.2. The lowest BCUT2D eigenvalue weighted by Crippen LogP contribution is -2.37. The zero-order valence-corrected chi connectivity index (χ0v) is 11.2. The van der Waals surface area contributed by atoms with Gasteiger partial charge in [-0.1, -0.05) is 0 Å². The van der Waals surface area contributed by atoms with Crippen molar-refractivity contribution in [1.82, 2.24) is 4.90 Å². The van der Waals surface area contributed by atoms with Crippen molar-refractivity contribution in [1.29, 1.82) is 0 Å². The molecule has 0 radical (unpaired) electrons. The SMILES string of the molecule is O=C(O)N1CCC(Cc2cc(F)c(O)c([N+](=O)[O-])c2)CC1. The van der Waals surface area contributed by atoms with Crippen molar-refractivity contribution in [2.24, 2.45) is 5.92 Å². The van der Waals surface area contributed by atoms with Crippen LogP contribution in [0.3, 0.4) is 0 Å². The first-order chi connectivity index (χ1) is 9.88. The van der Waals surface area contributed by atoms with Crippen LogP contribution in [-0.4, -0.2) is 39.2 Å². The van der Waals surface area contributed by atoms with Gasteiger partial charge in [0.05, 0.1) is 4.92 Å². The molecule has 1 fully saturated rings. The highest BCUT2D eigenvalue weighted by Gasteiger charge is 2.24. The fraction of sp³-hybridized carbons (Fsp3) is 0.462. The maximum Gasteiger partial charge on any atom is 0.407 e. The molecule has 1 aliphatic rings. The van der Waals surface area contributed by atoms with E-state index in [9.17, 15) is 24.4 Å². The number of rotatable bonds is 3. The van der Waals surface area contributed by atoms with Crippen LogP contribution in [0.5, 0.6) is 5.75 Å². The number of amides is 1. The van der Waals surface area contributed by atoms with Crippen molar-refractivity contribution in [2.45, 2.75) is 19.3 Å². The molecule has 0 saturated carbocycles. The molecule has 1 amide bonds. The summed E-state index contributed by atoms with van der Waals surface area (Å²) in [5.74, 6) is -1.82. The van der Waals surface area contributed by atoms with Gasteiger partial charge in [0.2, 0.25) is 5.75 Å². The maximum absolute atomic E-state index is 13.5. The van der Waals surface area contributed by atoms with Crippen LogP contribution in [0.15, 0.2) is 12.1 Å². The quantitative estimate of drug-likeness (QED) is 0.658. The van der Waals surface area contributed by atoms with E-state index in [2.05, 4.69) is 0 Å². The summed E-state index contributed by atoms with van der Waals surface area (Å²) < 4.78 is 13.5. The fourth-order valence-electron chi connectivity index (χ4n) is 2.56. The first-order valence-corrected chi connectivity index (χ1v) is 6.52. The summed E-state index contributed by atoms with van der Waals surface area (Å²) in [6.45, 7) is 0.811. The summed E-state index contributed by atoms with van der Waals surface area (Å²) >= 11 is 0. The van der Waals surface area contributed by atoms with Crippen molar-refractivity contribution in [3.63, 3.8) is 0 Å². The number of aromatic hydroxyl groups is 1. The topological polar surface area (TPSA) is 104 Å². The van der Waals surface area contributed by atoms with E-state index in [-0.39, 0.29) is 5.92 Å². The van der Waals surface area contributed by atoms with Gasteiger partial charge in [0, 0.05) is 19.2 Å². The molecule has 2 rings (SSSR count). The van der Waals surface area contributed by atoms with Crippen LogP contribution in [0.2, 0.25) is 0 Å². The van der Waals surface area contributed by atoms with Crippen LogP contribution >= 0.6 is 0 Å². The smallest absolute Gasteiger partial charge is 0.407 e. The van der Waals surface area contributed by atoms with Crippen LogP contribution in [0.1, 0.15) is 18.4 Å². The van der Waals surface area contributed by atoms with Crippen molar-refractivity contribution >= 4 is 11.8 Å². The van der Waals surface area contributed by atoms with Gasteiger partial charge >= 0.3 is 11.8 Å². The maximum atomic E-state index is 13.5. The van der Waals surface area contributed by atoms with Gasteiger partial charge in [-0.15, -0.1) is 0 Å². The van der Waals surface area contributed by atoms with Gasteiger partial charge in [-0.05, 0) is 36.8 Å². The minimum atomic E-state index is -1.01. The van der Waals surface area contributed by atoms with Crippen molar-refractivity contribution < 1.29 is 24.3 Å². The summed E-state index contributed by atoms with van der Waals surface area (Å²) in [7, 11) is 0. The van der Waals surface area contributed by atoms with Gasteiger partial charge in [0.1, 0.15) is 0 Å². The molecule has 1 aromatic rings. The second-order valence-electron chi connectivity index (χ2n) is 5.12. The van der Waals surface area contributed by atoms with Crippen LogP contribution in [0, 0.1) is 21.8 Å². The van der Waals surface area contributed by atoms with Crippen molar-refractivity contribution in [3.8, 4) is 5.75 Å². The molecule has 1 aromatic carbocycles. The van der Waals surface area contributed by atoms with Crippen molar-refractivity contribution in [2.75, 3.05) is 13.1 Å². The first-order valence-electron chi connectivity index (χ1n) is 6.52. The Balaban J connectivity index is 2.07. The Kier molecular flexibility index (Phi) is 4.25. The largest absolute Gasteiger partial charge is 0.500 e. The Labute approximate surface area is 119 Å². The Morgan fingerprint density at radius 2 is 2.05 bits per heavy atom.